The number of rotatable bonds is 4. The molecule has 0 aliphatic rings. The summed E-state index contributed by atoms with van der Waals surface area (Å²) in [5, 5.41) is 17.5. The quantitative estimate of drug-likeness (QED) is 0.807. The Labute approximate surface area is 83.7 Å². The van der Waals surface area contributed by atoms with Crippen molar-refractivity contribution in [3.63, 3.8) is 0 Å². The molecule has 1 aromatic carbocycles. The third-order valence-corrected chi connectivity index (χ3v) is 1.66. The van der Waals surface area contributed by atoms with E-state index in [1.165, 1.54) is 24.3 Å². The molecule has 0 heterocycles. The topological polar surface area (TPSA) is 66.8 Å². The highest BCUT2D eigenvalue weighted by Gasteiger charge is 2.24. The fourth-order valence-corrected chi connectivity index (χ4v) is 1.03. The van der Waals surface area contributed by atoms with Crippen molar-refractivity contribution in [3.8, 4) is 5.75 Å². The van der Waals surface area contributed by atoms with Gasteiger partial charge in [-0.2, -0.15) is 8.78 Å². The van der Waals surface area contributed by atoms with Crippen LogP contribution in [0.15, 0.2) is 24.3 Å². The third kappa shape index (κ3) is 3.17. The molecule has 82 valence electrons. The van der Waals surface area contributed by atoms with E-state index in [0.717, 1.165) is 0 Å². The first-order valence-corrected chi connectivity index (χ1v) is 3.96. The Hall–Kier alpha value is -1.69. The van der Waals surface area contributed by atoms with Gasteiger partial charge in [-0.05, 0) is 17.7 Å². The van der Waals surface area contributed by atoms with Crippen LogP contribution in [-0.4, -0.2) is 22.8 Å². The number of aliphatic carboxylic acids is 1. The number of benzene rings is 1. The number of hydrogen-bond donors (Lipinski definition) is 2. The summed E-state index contributed by atoms with van der Waals surface area (Å²) in [6.45, 7) is -3.17. The van der Waals surface area contributed by atoms with Crippen LogP contribution in [-0.2, 0) is 9.53 Å². The molecular weight excluding hydrogens is 210 g/mol. The van der Waals surface area contributed by atoms with Gasteiger partial charge in [0, 0.05) is 0 Å². The number of ether oxygens (including phenoxy) is 1. The fourth-order valence-electron chi connectivity index (χ4n) is 1.03. The lowest BCUT2D eigenvalue weighted by molar-refractivity contribution is -0.188. The summed E-state index contributed by atoms with van der Waals surface area (Å²) in [5.74, 6) is -1.60. The first-order valence-electron chi connectivity index (χ1n) is 3.96. The lowest BCUT2D eigenvalue weighted by atomic mass is 10.1. The van der Waals surface area contributed by atoms with Gasteiger partial charge in [0.05, 0.1) is 0 Å². The molecule has 15 heavy (non-hydrogen) atoms. The summed E-state index contributed by atoms with van der Waals surface area (Å²) >= 11 is 0. The maximum atomic E-state index is 11.9. The molecule has 4 nitrogen and oxygen atoms in total. The Morgan fingerprint density at radius 3 is 2.20 bits per heavy atom. The molecule has 0 fully saturated rings. The van der Waals surface area contributed by atoms with Gasteiger partial charge >= 0.3 is 12.6 Å². The Bertz CT molecular complexity index is 336. The van der Waals surface area contributed by atoms with Gasteiger partial charge in [0.1, 0.15) is 5.75 Å². The van der Waals surface area contributed by atoms with Gasteiger partial charge in [-0.1, -0.05) is 12.1 Å². The first-order chi connectivity index (χ1) is 7.00. The highest BCUT2D eigenvalue weighted by Crippen LogP contribution is 2.22. The largest absolute Gasteiger partial charge is 0.508 e. The molecule has 0 saturated heterocycles. The van der Waals surface area contributed by atoms with E-state index in [1.807, 2.05) is 0 Å². The molecule has 0 aromatic heterocycles. The van der Waals surface area contributed by atoms with Crippen LogP contribution in [0.4, 0.5) is 8.78 Å². The van der Waals surface area contributed by atoms with E-state index < -0.39 is 18.7 Å². The van der Waals surface area contributed by atoms with E-state index in [2.05, 4.69) is 4.74 Å². The molecule has 1 aromatic rings. The molecule has 0 radical (unpaired) electrons. The second-order valence-electron chi connectivity index (χ2n) is 2.71. The van der Waals surface area contributed by atoms with Crippen LogP contribution in [0.2, 0.25) is 0 Å². The smallest absolute Gasteiger partial charge is 0.346 e. The van der Waals surface area contributed by atoms with Crippen LogP contribution in [0.1, 0.15) is 11.7 Å². The molecule has 1 unspecified atom stereocenters. The van der Waals surface area contributed by atoms with Gasteiger partial charge in [0.2, 0.25) is 0 Å². The van der Waals surface area contributed by atoms with Crippen molar-refractivity contribution in [2.75, 3.05) is 0 Å². The Kier molecular flexibility index (Phi) is 3.56. The van der Waals surface area contributed by atoms with Gasteiger partial charge < -0.3 is 14.9 Å². The van der Waals surface area contributed by atoms with Crippen molar-refractivity contribution in [1.82, 2.24) is 0 Å². The molecule has 0 amide bonds. The van der Waals surface area contributed by atoms with Crippen molar-refractivity contribution in [2.45, 2.75) is 12.7 Å². The first kappa shape index (κ1) is 11.4. The summed E-state index contributed by atoms with van der Waals surface area (Å²) in [6, 6.07) is 4.80. The molecule has 1 atom stereocenters. The van der Waals surface area contributed by atoms with Gasteiger partial charge in [-0.15, -0.1) is 0 Å². The molecule has 0 aliphatic carbocycles. The van der Waals surface area contributed by atoms with Gasteiger partial charge in [-0.3, -0.25) is 0 Å². The maximum absolute atomic E-state index is 11.9. The number of aromatic hydroxyl groups is 1. The number of carboxylic acids is 1. The minimum absolute atomic E-state index is 0.0422. The van der Waals surface area contributed by atoms with Gasteiger partial charge in [0.25, 0.3) is 0 Å². The number of hydrogen-bond acceptors (Lipinski definition) is 3. The van der Waals surface area contributed by atoms with Crippen LogP contribution >= 0.6 is 0 Å². The number of phenols is 1. The van der Waals surface area contributed by atoms with E-state index in [4.69, 9.17) is 10.2 Å². The van der Waals surface area contributed by atoms with E-state index in [1.54, 1.807) is 0 Å². The zero-order valence-corrected chi connectivity index (χ0v) is 7.43. The summed E-state index contributed by atoms with van der Waals surface area (Å²) in [4.78, 5) is 10.6. The number of carbonyl (C=O) groups is 1. The Morgan fingerprint density at radius 2 is 1.80 bits per heavy atom. The normalized spacial score (nSPS) is 12.7. The molecule has 0 bridgehead atoms. The summed E-state index contributed by atoms with van der Waals surface area (Å²) in [6.07, 6.45) is -1.73. The Balaban J connectivity index is 2.89. The number of phenolic OH excluding ortho intramolecular Hbond substituents is 1. The minimum atomic E-state index is -3.17. The summed E-state index contributed by atoms with van der Waals surface area (Å²) in [7, 11) is 0. The molecule has 2 N–H and O–H groups in total. The molecule has 1 rings (SSSR count). The summed E-state index contributed by atoms with van der Waals surface area (Å²) < 4.78 is 27.7. The standard InChI is InChI=1S/C9H8F2O4/c10-9(11)15-7(8(13)14)5-1-3-6(12)4-2-5/h1-4,7,9,12H,(H,13,14). The second-order valence-corrected chi connectivity index (χ2v) is 2.71. The molecular formula is C9H8F2O4. The van der Waals surface area contributed by atoms with Crippen molar-refractivity contribution in [2.24, 2.45) is 0 Å². The SMILES string of the molecule is O=C(O)C(OC(F)F)c1ccc(O)cc1. The molecule has 0 aliphatic heterocycles. The number of carboxylic acid groups (broad SMARTS) is 1. The lowest BCUT2D eigenvalue weighted by Gasteiger charge is -2.12. The van der Waals surface area contributed by atoms with Crippen LogP contribution in [0.3, 0.4) is 0 Å². The van der Waals surface area contributed by atoms with Crippen molar-refractivity contribution >= 4 is 5.97 Å². The molecule has 0 saturated carbocycles. The minimum Gasteiger partial charge on any atom is -0.508 e. The van der Waals surface area contributed by atoms with Crippen molar-refractivity contribution in [3.05, 3.63) is 29.8 Å². The third-order valence-electron chi connectivity index (χ3n) is 1.66. The second kappa shape index (κ2) is 4.70. The van der Waals surface area contributed by atoms with Crippen LogP contribution in [0.5, 0.6) is 5.75 Å². The Morgan fingerprint density at radius 1 is 1.27 bits per heavy atom. The number of alkyl halides is 2. The summed E-state index contributed by atoms with van der Waals surface area (Å²) in [5.41, 5.74) is 0.0422. The van der Waals surface area contributed by atoms with Crippen LogP contribution in [0, 0.1) is 0 Å². The lowest BCUT2D eigenvalue weighted by Crippen LogP contribution is -2.17. The fraction of sp³-hybridized carbons (Fsp3) is 0.222. The zero-order chi connectivity index (χ0) is 11.4. The maximum Gasteiger partial charge on any atom is 0.346 e. The van der Waals surface area contributed by atoms with Gasteiger partial charge in [0.15, 0.2) is 6.10 Å². The van der Waals surface area contributed by atoms with E-state index >= 15 is 0 Å². The van der Waals surface area contributed by atoms with Crippen molar-refractivity contribution < 1.29 is 28.5 Å². The average Bonchev–Trinajstić information content (AvgIpc) is 2.15. The predicted octanol–water partition coefficient (Wildman–Crippen LogP) is 1.76. The zero-order valence-electron chi connectivity index (χ0n) is 7.43. The monoisotopic (exact) mass is 218 g/mol. The molecule has 0 spiro atoms. The van der Waals surface area contributed by atoms with E-state index in [0.29, 0.717) is 0 Å². The van der Waals surface area contributed by atoms with E-state index in [-0.39, 0.29) is 11.3 Å². The van der Waals surface area contributed by atoms with Gasteiger partial charge in [-0.25, -0.2) is 4.79 Å². The number of halogens is 2. The van der Waals surface area contributed by atoms with Crippen molar-refractivity contribution in [1.29, 1.82) is 0 Å². The molecule has 6 heteroatoms. The van der Waals surface area contributed by atoms with E-state index in [9.17, 15) is 13.6 Å². The average molecular weight is 218 g/mol. The highest BCUT2D eigenvalue weighted by atomic mass is 19.3. The highest BCUT2D eigenvalue weighted by molar-refractivity contribution is 5.74. The van der Waals surface area contributed by atoms with Crippen LogP contribution in [0.25, 0.3) is 0 Å². The predicted molar refractivity (Wildman–Crippen MR) is 45.6 cm³/mol. The van der Waals surface area contributed by atoms with Crippen LogP contribution < -0.4 is 0 Å².